The van der Waals surface area contributed by atoms with Crippen molar-refractivity contribution in [3.05, 3.63) is 30.1 Å². The summed E-state index contributed by atoms with van der Waals surface area (Å²) in [4.78, 5) is 33.3. The first kappa shape index (κ1) is 16.6. The van der Waals surface area contributed by atoms with Gasteiger partial charge in [0.1, 0.15) is 0 Å². The molecule has 1 spiro atoms. The van der Waals surface area contributed by atoms with Gasteiger partial charge in [0.15, 0.2) is 0 Å². The van der Waals surface area contributed by atoms with Crippen LogP contribution in [0.15, 0.2) is 24.5 Å². The number of piperidine rings is 1. The minimum absolute atomic E-state index is 0.0515. The minimum atomic E-state index is -0.0515. The highest BCUT2D eigenvalue weighted by atomic mass is 16.2. The summed E-state index contributed by atoms with van der Waals surface area (Å²) in [6.07, 6.45) is 9.06. The van der Waals surface area contributed by atoms with Gasteiger partial charge in [-0.15, -0.1) is 0 Å². The number of carbonyl (C=O) groups is 2. The molecule has 2 aliphatic heterocycles. The predicted octanol–water partition coefficient (Wildman–Crippen LogP) is 2.61. The molecule has 5 heteroatoms. The van der Waals surface area contributed by atoms with Crippen LogP contribution in [-0.2, 0) is 16.1 Å². The van der Waals surface area contributed by atoms with Gasteiger partial charge in [-0.3, -0.25) is 14.6 Å². The van der Waals surface area contributed by atoms with Crippen LogP contribution >= 0.6 is 0 Å². The van der Waals surface area contributed by atoms with Crippen molar-refractivity contribution >= 4 is 11.8 Å². The van der Waals surface area contributed by atoms with E-state index in [9.17, 15) is 9.59 Å². The maximum atomic E-state index is 12.6. The number of pyridine rings is 1. The van der Waals surface area contributed by atoms with E-state index >= 15 is 0 Å². The van der Waals surface area contributed by atoms with E-state index < -0.39 is 0 Å². The van der Waals surface area contributed by atoms with Crippen LogP contribution in [0, 0.1) is 11.8 Å². The lowest BCUT2D eigenvalue weighted by Gasteiger charge is -2.46. The van der Waals surface area contributed by atoms with Gasteiger partial charge in [0.2, 0.25) is 11.8 Å². The zero-order valence-electron chi connectivity index (χ0n) is 15.0. The fraction of sp³-hybridized carbons (Fsp3) is 0.650. The van der Waals surface area contributed by atoms with E-state index in [1.807, 2.05) is 12.1 Å². The lowest BCUT2D eigenvalue weighted by atomic mass is 9.75. The maximum absolute atomic E-state index is 12.6. The van der Waals surface area contributed by atoms with Crippen molar-refractivity contribution < 1.29 is 9.59 Å². The highest BCUT2D eigenvalue weighted by Gasteiger charge is 2.48. The molecule has 0 radical (unpaired) electrons. The molecule has 0 bridgehead atoms. The molecule has 1 aromatic rings. The van der Waals surface area contributed by atoms with Crippen LogP contribution in [0.3, 0.4) is 0 Å². The van der Waals surface area contributed by atoms with Crippen LogP contribution in [0.25, 0.3) is 0 Å². The van der Waals surface area contributed by atoms with Gasteiger partial charge in [0.05, 0.1) is 0 Å². The number of rotatable bonds is 3. The molecule has 1 aliphatic carbocycles. The molecule has 4 rings (SSSR count). The third kappa shape index (κ3) is 3.05. The average molecular weight is 341 g/mol. The molecular formula is C20H27N3O2. The summed E-state index contributed by atoms with van der Waals surface area (Å²) in [5.41, 5.74) is 1.08. The second-order valence-corrected chi connectivity index (χ2v) is 8.16. The van der Waals surface area contributed by atoms with Gasteiger partial charge in [0.25, 0.3) is 0 Å². The normalized spacial score (nSPS) is 28.3. The van der Waals surface area contributed by atoms with Crippen LogP contribution in [-0.4, -0.2) is 45.2 Å². The zero-order valence-corrected chi connectivity index (χ0v) is 15.0. The maximum Gasteiger partial charge on any atom is 0.225 e. The Balaban J connectivity index is 1.41. The first-order valence-electron chi connectivity index (χ1n) is 9.55. The van der Waals surface area contributed by atoms with E-state index in [0.717, 1.165) is 50.8 Å². The van der Waals surface area contributed by atoms with E-state index in [4.69, 9.17) is 0 Å². The molecule has 0 aromatic carbocycles. The van der Waals surface area contributed by atoms with Gasteiger partial charge >= 0.3 is 0 Å². The third-order valence-corrected chi connectivity index (χ3v) is 6.50. The molecule has 1 aromatic heterocycles. The lowest BCUT2D eigenvalue weighted by molar-refractivity contribution is -0.143. The number of carbonyl (C=O) groups excluding carboxylic acids is 2. The number of amides is 2. The molecule has 2 amide bonds. The first-order valence-corrected chi connectivity index (χ1v) is 9.55. The Morgan fingerprint density at radius 2 is 1.88 bits per heavy atom. The van der Waals surface area contributed by atoms with Crippen molar-refractivity contribution in [2.75, 3.05) is 13.1 Å². The number of hydrogen-bond acceptors (Lipinski definition) is 3. The SMILES string of the molecule is CC1CC(C(=O)N2CCC3(CCC(=O)N3Cc3ccncc3)CC2)C1. The van der Waals surface area contributed by atoms with E-state index in [2.05, 4.69) is 21.7 Å². The molecule has 1 saturated carbocycles. The standard InChI is InChI=1S/C20H27N3O2/c1-15-12-17(13-15)19(25)22-10-6-20(7-11-22)5-2-18(24)23(20)14-16-3-8-21-9-4-16/h3-4,8-9,15,17H,2,5-7,10-14H2,1H3. The third-order valence-electron chi connectivity index (χ3n) is 6.50. The number of likely N-dealkylation sites (tertiary alicyclic amines) is 2. The van der Waals surface area contributed by atoms with Crippen molar-refractivity contribution in [1.82, 2.24) is 14.8 Å². The fourth-order valence-electron chi connectivity index (χ4n) is 4.83. The smallest absolute Gasteiger partial charge is 0.225 e. The summed E-state index contributed by atoms with van der Waals surface area (Å²) in [6, 6.07) is 3.96. The van der Waals surface area contributed by atoms with Crippen molar-refractivity contribution in [2.45, 2.75) is 57.5 Å². The summed E-state index contributed by atoms with van der Waals surface area (Å²) >= 11 is 0. The van der Waals surface area contributed by atoms with Crippen LogP contribution < -0.4 is 0 Å². The molecule has 2 saturated heterocycles. The van der Waals surface area contributed by atoms with Gasteiger partial charge in [-0.1, -0.05) is 6.92 Å². The minimum Gasteiger partial charge on any atom is -0.342 e. The van der Waals surface area contributed by atoms with Crippen molar-refractivity contribution in [3.63, 3.8) is 0 Å². The van der Waals surface area contributed by atoms with Crippen LogP contribution in [0.4, 0.5) is 0 Å². The van der Waals surface area contributed by atoms with Crippen LogP contribution in [0.1, 0.15) is 51.0 Å². The van der Waals surface area contributed by atoms with Crippen LogP contribution in [0.2, 0.25) is 0 Å². The first-order chi connectivity index (χ1) is 12.1. The Kier molecular flexibility index (Phi) is 4.26. The fourth-order valence-corrected chi connectivity index (χ4v) is 4.83. The Labute approximate surface area is 149 Å². The quantitative estimate of drug-likeness (QED) is 0.849. The van der Waals surface area contributed by atoms with Gasteiger partial charge < -0.3 is 9.80 Å². The van der Waals surface area contributed by atoms with E-state index in [1.54, 1.807) is 12.4 Å². The Morgan fingerprint density at radius 3 is 2.52 bits per heavy atom. The summed E-state index contributed by atoms with van der Waals surface area (Å²) in [6.45, 7) is 4.47. The molecule has 0 unspecified atom stereocenters. The van der Waals surface area contributed by atoms with Crippen molar-refractivity contribution in [2.24, 2.45) is 11.8 Å². The molecular weight excluding hydrogens is 314 g/mol. The molecule has 3 heterocycles. The van der Waals surface area contributed by atoms with Gasteiger partial charge in [0, 0.05) is 49.9 Å². The van der Waals surface area contributed by atoms with Crippen molar-refractivity contribution in [3.8, 4) is 0 Å². The largest absolute Gasteiger partial charge is 0.342 e. The Bertz CT molecular complexity index is 646. The number of hydrogen-bond donors (Lipinski definition) is 0. The zero-order chi connectivity index (χ0) is 17.4. The molecule has 0 atom stereocenters. The van der Waals surface area contributed by atoms with Crippen LogP contribution in [0.5, 0.6) is 0 Å². The van der Waals surface area contributed by atoms with E-state index in [0.29, 0.717) is 24.8 Å². The van der Waals surface area contributed by atoms with Gasteiger partial charge in [-0.2, -0.15) is 0 Å². The molecule has 5 nitrogen and oxygen atoms in total. The van der Waals surface area contributed by atoms with E-state index in [1.165, 1.54) is 0 Å². The van der Waals surface area contributed by atoms with E-state index in [-0.39, 0.29) is 17.4 Å². The van der Waals surface area contributed by atoms with Gasteiger partial charge in [-0.05, 0) is 55.7 Å². The summed E-state index contributed by atoms with van der Waals surface area (Å²) < 4.78 is 0. The lowest BCUT2D eigenvalue weighted by Crippen LogP contribution is -2.55. The highest BCUT2D eigenvalue weighted by Crippen LogP contribution is 2.41. The molecule has 3 aliphatic rings. The molecule has 0 N–H and O–H groups in total. The Hall–Kier alpha value is -1.91. The predicted molar refractivity (Wildman–Crippen MR) is 94.5 cm³/mol. The highest BCUT2D eigenvalue weighted by molar-refractivity contribution is 5.81. The topological polar surface area (TPSA) is 53.5 Å². The second-order valence-electron chi connectivity index (χ2n) is 8.16. The number of aromatic nitrogens is 1. The van der Waals surface area contributed by atoms with Gasteiger partial charge in [-0.25, -0.2) is 0 Å². The summed E-state index contributed by atoms with van der Waals surface area (Å²) in [7, 11) is 0. The summed E-state index contributed by atoms with van der Waals surface area (Å²) in [5.74, 6) is 1.55. The molecule has 134 valence electrons. The van der Waals surface area contributed by atoms with Crippen molar-refractivity contribution in [1.29, 1.82) is 0 Å². The molecule has 3 fully saturated rings. The average Bonchev–Trinajstić information content (AvgIpc) is 2.90. The number of nitrogens with zero attached hydrogens (tertiary/aromatic N) is 3. The summed E-state index contributed by atoms with van der Waals surface area (Å²) in [5, 5.41) is 0. The second kappa shape index (κ2) is 6.43. The monoisotopic (exact) mass is 341 g/mol. The Morgan fingerprint density at radius 1 is 1.20 bits per heavy atom. The molecule has 25 heavy (non-hydrogen) atoms.